The third-order valence-electron chi connectivity index (χ3n) is 3.13. The van der Waals surface area contributed by atoms with E-state index in [1.54, 1.807) is 24.4 Å². The second kappa shape index (κ2) is 5.06. The van der Waals surface area contributed by atoms with Crippen LogP contribution in [-0.2, 0) is 15.6 Å². The van der Waals surface area contributed by atoms with Gasteiger partial charge in [0.25, 0.3) is 0 Å². The molecule has 0 amide bonds. The van der Waals surface area contributed by atoms with Gasteiger partial charge in [0.15, 0.2) is 9.84 Å². The maximum Gasteiger partial charge on any atom is 0.184 e. The second-order valence-electron chi connectivity index (χ2n) is 4.58. The van der Waals surface area contributed by atoms with E-state index in [-0.39, 0.29) is 5.75 Å². The first-order valence-electron chi connectivity index (χ1n) is 6.27. The number of fused-ring (bicyclic) bond motifs is 1. The summed E-state index contributed by atoms with van der Waals surface area (Å²) in [5.74, 6) is -0.0104. The first-order chi connectivity index (χ1) is 9.67. The van der Waals surface area contributed by atoms with Gasteiger partial charge in [-0.3, -0.25) is 4.98 Å². The van der Waals surface area contributed by atoms with Gasteiger partial charge in [-0.05, 0) is 17.7 Å². The lowest BCUT2D eigenvalue weighted by atomic mass is 10.2. The van der Waals surface area contributed by atoms with Crippen LogP contribution in [0.2, 0.25) is 0 Å². The molecular weight excluding hydrogens is 270 g/mol. The Morgan fingerprint density at radius 3 is 2.40 bits per heavy atom. The molecule has 4 heteroatoms. The van der Waals surface area contributed by atoms with E-state index in [9.17, 15) is 8.42 Å². The van der Waals surface area contributed by atoms with Crippen LogP contribution in [0, 0.1) is 0 Å². The van der Waals surface area contributed by atoms with Crippen LogP contribution < -0.4 is 0 Å². The Bertz CT molecular complexity index is 837. The standard InChI is InChI=1S/C16H13NO2S/c18-20(19,12-13-6-2-1-3-7-13)15-10-4-8-14-9-5-11-17-16(14)15/h1-11H,12H2. The van der Waals surface area contributed by atoms with E-state index < -0.39 is 9.84 Å². The molecule has 1 aromatic heterocycles. The molecule has 3 aromatic rings. The summed E-state index contributed by atoms with van der Waals surface area (Å²) in [7, 11) is -3.40. The van der Waals surface area contributed by atoms with Crippen molar-refractivity contribution in [1.29, 1.82) is 0 Å². The van der Waals surface area contributed by atoms with Crippen LogP contribution in [0.4, 0.5) is 0 Å². The fourth-order valence-electron chi connectivity index (χ4n) is 2.20. The minimum absolute atomic E-state index is 0.0104. The first-order valence-corrected chi connectivity index (χ1v) is 7.92. The van der Waals surface area contributed by atoms with Crippen molar-refractivity contribution >= 4 is 20.7 Å². The van der Waals surface area contributed by atoms with Crippen molar-refractivity contribution in [2.24, 2.45) is 0 Å². The molecular formula is C16H13NO2S. The smallest absolute Gasteiger partial charge is 0.184 e. The Labute approximate surface area is 117 Å². The van der Waals surface area contributed by atoms with E-state index in [0.29, 0.717) is 10.4 Å². The van der Waals surface area contributed by atoms with E-state index in [4.69, 9.17) is 0 Å². The molecule has 0 N–H and O–H groups in total. The van der Waals surface area contributed by atoms with Crippen LogP contribution in [0.15, 0.2) is 71.8 Å². The lowest BCUT2D eigenvalue weighted by Crippen LogP contribution is -2.06. The van der Waals surface area contributed by atoms with E-state index in [1.807, 2.05) is 42.5 Å². The summed E-state index contributed by atoms with van der Waals surface area (Å²) in [6, 6.07) is 18.1. The first kappa shape index (κ1) is 12.8. The van der Waals surface area contributed by atoms with Crippen LogP contribution in [0.3, 0.4) is 0 Å². The molecule has 2 aromatic carbocycles. The van der Waals surface area contributed by atoms with E-state index in [1.165, 1.54) is 0 Å². The maximum atomic E-state index is 12.6. The topological polar surface area (TPSA) is 47.0 Å². The second-order valence-corrected chi connectivity index (χ2v) is 6.53. The molecule has 0 saturated carbocycles. The minimum Gasteiger partial charge on any atom is -0.255 e. The normalized spacial score (nSPS) is 11.6. The van der Waals surface area contributed by atoms with Crippen molar-refractivity contribution < 1.29 is 8.42 Å². The Morgan fingerprint density at radius 2 is 1.60 bits per heavy atom. The van der Waals surface area contributed by atoms with Gasteiger partial charge in [0.05, 0.1) is 16.2 Å². The molecule has 0 saturated heterocycles. The minimum atomic E-state index is -3.40. The summed E-state index contributed by atoms with van der Waals surface area (Å²) >= 11 is 0. The van der Waals surface area contributed by atoms with Crippen molar-refractivity contribution in [2.75, 3.05) is 0 Å². The lowest BCUT2D eigenvalue weighted by molar-refractivity contribution is 0.596. The van der Waals surface area contributed by atoms with E-state index >= 15 is 0 Å². The summed E-state index contributed by atoms with van der Waals surface area (Å²) in [5.41, 5.74) is 1.31. The number of nitrogens with zero attached hydrogens (tertiary/aromatic N) is 1. The Kier molecular flexibility index (Phi) is 3.24. The zero-order chi connectivity index (χ0) is 14.0. The molecule has 0 bridgehead atoms. The van der Waals surface area contributed by atoms with Crippen LogP contribution >= 0.6 is 0 Å². The molecule has 0 radical (unpaired) electrons. The van der Waals surface area contributed by atoms with Gasteiger partial charge in [0.1, 0.15) is 0 Å². The quantitative estimate of drug-likeness (QED) is 0.741. The summed E-state index contributed by atoms with van der Waals surface area (Å²) in [6.45, 7) is 0. The SMILES string of the molecule is O=S(=O)(Cc1ccccc1)c1cccc2cccnc12. The van der Waals surface area contributed by atoms with Crippen molar-refractivity contribution in [3.05, 3.63) is 72.4 Å². The third-order valence-corrected chi connectivity index (χ3v) is 4.84. The highest BCUT2D eigenvalue weighted by Gasteiger charge is 2.18. The van der Waals surface area contributed by atoms with Gasteiger partial charge in [0.2, 0.25) is 0 Å². The highest BCUT2D eigenvalue weighted by molar-refractivity contribution is 7.90. The monoisotopic (exact) mass is 283 g/mol. The highest BCUT2D eigenvalue weighted by Crippen LogP contribution is 2.23. The number of hydrogen-bond acceptors (Lipinski definition) is 3. The average Bonchev–Trinajstić information content (AvgIpc) is 2.47. The van der Waals surface area contributed by atoms with Gasteiger partial charge in [-0.15, -0.1) is 0 Å². The van der Waals surface area contributed by atoms with Crippen molar-refractivity contribution in [3.8, 4) is 0 Å². The maximum absolute atomic E-state index is 12.6. The fourth-order valence-corrected chi connectivity index (χ4v) is 3.74. The molecule has 0 unspecified atom stereocenters. The van der Waals surface area contributed by atoms with Crippen LogP contribution in [0.5, 0.6) is 0 Å². The summed E-state index contributed by atoms with van der Waals surface area (Å²) < 4.78 is 25.2. The predicted octanol–water partition coefficient (Wildman–Crippen LogP) is 3.21. The molecule has 1 heterocycles. The number of benzene rings is 2. The van der Waals surface area contributed by atoms with Crippen molar-refractivity contribution in [2.45, 2.75) is 10.6 Å². The Balaban J connectivity index is 2.10. The van der Waals surface area contributed by atoms with E-state index in [0.717, 1.165) is 10.9 Å². The molecule has 20 heavy (non-hydrogen) atoms. The third kappa shape index (κ3) is 2.42. The summed E-state index contributed by atoms with van der Waals surface area (Å²) in [5, 5.41) is 0.835. The number of rotatable bonds is 3. The number of sulfone groups is 1. The molecule has 0 aliphatic heterocycles. The Hall–Kier alpha value is -2.20. The van der Waals surface area contributed by atoms with E-state index in [2.05, 4.69) is 4.98 Å². The van der Waals surface area contributed by atoms with Crippen molar-refractivity contribution in [3.63, 3.8) is 0 Å². The molecule has 0 aliphatic rings. The lowest BCUT2D eigenvalue weighted by Gasteiger charge is -2.07. The molecule has 3 rings (SSSR count). The van der Waals surface area contributed by atoms with Gasteiger partial charge in [0, 0.05) is 11.6 Å². The van der Waals surface area contributed by atoms with Gasteiger partial charge >= 0.3 is 0 Å². The fraction of sp³-hybridized carbons (Fsp3) is 0.0625. The van der Waals surface area contributed by atoms with Gasteiger partial charge in [-0.1, -0.05) is 48.5 Å². The molecule has 0 spiro atoms. The van der Waals surface area contributed by atoms with Gasteiger partial charge < -0.3 is 0 Å². The van der Waals surface area contributed by atoms with Crippen LogP contribution in [0.1, 0.15) is 5.56 Å². The molecule has 100 valence electrons. The number of para-hydroxylation sites is 1. The zero-order valence-corrected chi connectivity index (χ0v) is 11.5. The number of hydrogen-bond donors (Lipinski definition) is 0. The van der Waals surface area contributed by atoms with Gasteiger partial charge in [-0.2, -0.15) is 0 Å². The highest BCUT2D eigenvalue weighted by atomic mass is 32.2. The molecule has 3 nitrogen and oxygen atoms in total. The zero-order valence-electron chi connectivity index (χ0n) is 10.7. The molecule has 0 aliphatic carbocycles. The summed E-state index contributed by atoms with van der Waals surface area (Å²) in [4.78, 5) is 4.50. The molecule has 0 atom stereocenters. The van der Waals surface area contributed by atoms with Gasteiger partial charge in [-0.25, -0.2) is 8.42 Å². The summed E-state index contributed by atoms with van der Waals surface area (Å²) in [6.07, 6.45) is 1.61. The van der Waals surface area contributed by atoms with Crippen molar-refractivity contribution in [1.82, 2.24) is 4.98 Å². The number of aromatic nitrogens is 1. The van der Waals surface area contributed by atoms with Crippen LogP contribution in [0.25, 0.3) is 10.9 Å². The largest absolute Gasteiger partial charge is 0.255 e. The molecule has 0 fully saturated rings. The number of pyridine rings is 1. The Morgan fingerprint density at radius 1 is 0.850 bits per heavy atom. The predicted molar refractivity (Wildman–Crippen MR) is 79.1 cm³/mol. The van der Waals surface area contributed by atoms with Crippen LogP contribution in [-0.4, -0.2) is 13.4 Å². The average molecular weight is 283 g/mol.